The van der Waals surface area contributed by atoms with Gasteiger partial charge in [0.25, 0.3) is 5.91 Å². The predicted octanol–water partition coefficient (Wildman–Crippen LogP) is 2.59. The van der Waals surface area contributed by atoms with E-state index in [4.69, 9.17) is 4.74 Å². The highest BCUT2D eigenvalue weighted by Gasteiger charge is 2.46. The average molecular weight is 342 g/mol. The van der Waals surface area contributed by atoms with Gasteiger partial charge in [-0.15, -0.1) is 0 Å². The van der Waals surface area contributed by atoms with E-state index in [0.29, 0.717) is 39.3 Å². The van der Waals surface area contributed by atoms with Gasteiger partial charge in [-0.1, -0.05) is 37.5 Å². The maximum Gasteiger partial charge on any atom is 0.254 e. The first-order chi connectivity index (χ1) is 12.2. The van der Waals surface area contributed by atoms with Crippen molar-refractivity contribution in [3.63, 3.8) is 0 Å². The van der Waals surface area contributed by atoms with Crippen LogP contribution in [0.1, 0.15) is 54.4 Å². The minimum absolute atomic E-state index is 0.104. The Morgan fingerprint density at radius 2 is 1.80 bits per heavy atom. The van der Waals surface area contributed by atoms with E-state index < -0.39 is 0 Å². The van der Waals surface area contributed by atoms with Crippen LogP contribution in [0.5, 0.6) is 0 Å². The number of benzene rings is 1. The van der Waals surface area contributed by atoms with E-state index in [1.165, 1.54) is 6.42 Å². The lowest BCUT2D eigenvalue weighted by molar-refractivity contribution is -0.138. The maximum absolute atomic E-state index is 13.0. The molecule has 0 bridgehead atoms. The molecule has 0 unspecified atom stereocenters. The highest BCUT2D eigenvalue weighted by Crippen LogP contribution is 2.41. The summed E-state index contributed by atoms with van der Waals surface area (Å²) in [7, 11) is 0. The highest BCUT2D eigenvalue weighted by atomic mass is 16.5. The summed E-state index contributed by atoms with van der Waals surface area (Å²) in [5.74, 6) is 0.279. The minimum Gasteiger partial charge on any atom is -0.378 e. The normalized spacial score (nSPS) is 22.8. The van der Waals surface area contributed by atoms with Gasteiger partial charge >= 0.3 is 0 Å². The maximum atomic E-state index is 13.0. The molecule has 2 heterocycles. The molecule has 1 aromatic carbocycles. The Kier molecular flexibility index (Phi) is 4.50. The first kappa shape index (κ1) is 16.6. The number of hydrogen-bond donors (Lipinski definition) is 0. The number of carbonyl (C=O) groups is 2. The van der Waals surface area contributed by atoms with Crippen LogP contribution in [0.15, 0.2) is 24.3 Å². The molecule has 0 aromatic heterocycles. The van der Waals surface area contributed by atoms with Gasteiger partial charge in [0.05, 0.1) is 25.2 Å². The van der Waals surface area contributed by atoms with Crippen LogP contribution in [-0.2, 0) is 16.1 Å². The third-order valence-electron chi connectivity index (χ3n) is 6.02. The SMILES string of the molecule is O=C(CC1(N2Cc3ccccc3C2=O)CCCCC1)N1CCOCC1. The monoisotopic (exact) mass is 342 g/mol. The van der Waals surface area contributed by atoms with Gasteiger partial charge in [-0.2, -0.15) is 0 Å². The van der Waals surface area contributed by atoms with E-state index >= 15 is 0 Å². The van der Waals surface area contributed by atoms with Crippen molar-refractivity contribution in [1.82, 2.24) is 9.80 Å². The molecule has 1 saturated carbocycles. The molecule has 134 valence electrons. The van der Waals surface area contributed by atoms with Crippen LogP contribution in [0.3, 0.4) is 0 Å². The van der Waals surface area contributed by atoms with Gasteiger partial charge in [0.2, 0.25) is 5.91 Å². The Bertz CT molecular complexity index is 661. The summed E-state index contributed by atoms with van der Waals surface area (Å²) in [6, 6.07) is 7.86. The van der Waals surface area contributed by atoms with Crippen LogP contribution in [0.25, 0.3) is 0 Å². The molecule has 0 spiro atoms. The Hall–Kier alpha value is -1.88. The molecule has 0 N–H and O–H groups in total. The van der Waals surface area contributed by atoms with Crippen molar-refractivity contribution in [1.29, 1.82) is 0 Å². The molecular weight excluding hydrogens is 316 g/mol. The molecule has 0 atom stereocenters. The quantitative estimate of drug-likeness (QED) is 0.848. The van der Waals surface area contributed by atoms with E-state index in [1.54, 1.807) is 0 Å². The first-order valence-electron chi connectivity index (χ1n) is 9.45. The van der Waals surface area contributed by atoms with Crippen LogP contribution >= 0.6 is 0 Å². The highest BCUT2D eigenvalue weighted by molar-refractivity contribution is 5.99. The Morgan fingerprint density at radius 1 is 1.08 bits per heavy atom. The fourth-order valence-electron chi connectivity index (χ4n) is 4.60. The largest absolute Gasteiger partial charge is 0.378 e. The minimum atomic E-state index is -0.316. The van der Waals surface area contributed by atoms with E-state index in [0.717, 1.165) is 36.8 Å². The molecule has 1 aliphatic carbocycles. The molecule has 2 amide bonds. The third kappa shape index (κ3) is 3.06. The summed E-state index contributed by atoms with van der Waals surface area (Å²) in [6.07, 6.45) is 5.70. The summed E-state index contributed by atoms with van der Waals surface area (Å²) >= 11 is 0. The van der Waals surface area contributed by atoms with Gasteiger partial charge in [0.1, 0.15) is 0 Å². The van der Waals surface area contributed by atoms with Gasteiger partial charge in [-0.3, -0.25) is 9.59 Å². The zero-order chi connectivity index (χ0) is 17.3. The van der Waals surface area contributed by atoms with E-state index in [2.05, 4.69) is 0 Å². The van der Waals surface area contributed by atoms with Crippen LogP contribution in [-0.4, -0.2) is 53.5 Å². The summed E-state index contributed by atoms with van der Waals surface area (Å²) in [5, 5.41) is 0. The van der Waals surface area contributed by atoms with Crippen molar-refractivity contribution < 1.29 is 14.3 Å². The third-order valence-corrected chi connectivity index (χ3v) is 6.02. The second-order valence-electron chi connectivity index (χ2n) is 7.50. The van der Waals surface area contributed by atoms with Crippen molar-refractivity contribution in [2.75, 3.05) is 26.3 Å². The van der Waals surface area contributed by atoms with Gasteiger partial charge < -0.3 is 14.5 Å². The van der Waals surface area contributed by atoms with Gasteiger partial charge in [0.15, 0.2) is 0 Å². The zero-order valence-electron chi connectivity index (χ0n) is 14.7. The topological polar surface area (TPSA) is 49.9 Å². The van der Waals surface area contributed by atoms with Gasteiger partial charge in [-0.05, 0) is 24.5 Å². The van der Waals surface area contributed by atoms with Gasteiger partial charge in [-0.25, -0.2) is 0 Å². The molecule has 5 heteroatoms. The van der Waals surface area contributed by atoms with Crippen LogP contribution < -0.4 is 0 Å². The van der Waals surface area contributed by atoms with Crippen molar-refractivity contribution in [2.24, 2.45) is 0 Å². The van der Waals surface area contributed by atoms with Gasteiger partial charge in [0, 0.05) is 25.2 Å². The lowest BCUT2D eigenvalue weighted by Crippen LogP contribution is -2.54. The van der Waals surface area contributed by atoms with E-state index in [9.17, 15) is 9.59 Å². The average Bonchev–Trinajstić information content (AvgIpc) is 3.01. The lowest BCUT2D eigenvalue weighted by atomic mass is 9.77. The summed E-state index contributed by atoms with van der Waals surface area (Å²) in [4.78, 5) is 29.9. The number of ether oxygens (including phenoxy) is 1. The number of amides is 2. The van der Waals surface area contributed by atoms with Crippen LogP contribution in [0.4, 0.5) is 0 Å². The second-order valence-corrected chi connectivity index (χ2v) is 7.50. The predicted molar refractivity (Wildman–Crippen MR) is 94.1 cm³/mol. The molecule has 1 aromatic rings. The van der Waals surface area contributed by atoms with Crippen molar-refractivity contribution in [3.05, 3.63) is 35.4 Å². The Morgan fingerprint density at radius 3 is 2.52 bits per heavy atom. The second kappa shape index (κ2) is 6.79. The molecule has 2 fully saturated rings. The van der Waals surface area contributed by atoms with Crippen molar-refractivity contribution in [2.45, 2.75) is 50.6 Å². The number of rotatable bonds is 3. The van der Waals surface area contributed by atoms with Crippen LogP contribution in [0, 0.1) is 0 Å². The van der Waals surface area contributed by atoms with Crippen molar-refractivity contribution >= 4 is 11.8 Å². The Balaban J connectivity index is 1.57. The number of fused-ring (bicyclic) bond motifs is 1. The van der Waals surface area contributed by atoms with E-state index in [1.807, 2.05) is 34.1 Å². The zero-order valence-corrected chi connectivity index (χ0v) is 14.7. The molecule has 0 radical (unpaired) electrons. The van der Waals surface area contributed by atoms with Crippen molar-refractivity contribution in [3.8, 4) is 0 Å². The summed E-state index contributed by atoms with van der Waals surface area (Å²) in [5.41, 5.74) is 1.59. The fourth-order valence-corrected chi connectivity index (χ4v) is 4.60. The molecule has 1 saturated heterocycles. The number of morpholine rings is 1. The number of carbonyl (C=O) groups excluding carboxylic acids is 2. The number of nitrogens with zero attached hydrogens (tertiary/aromatic N) is 2. The molecule has 3 aliphatic rings. The molecule has 4 rings (SSSR count). The fraction of sp³-hybridized carbons (Fsp3) is 0.600. The Labute approximate surface area is 148 Å². The molecule has 5 nitrogen and oxygen atoms in total. The first-order valence-corrected chi connectivity index (χ1v) is 9.45. The standard InChI is InChI=1S/C20H26N2O3/c23-18(21-10-12-25-13-11-21)14-20(8-4-1-5-9-20)22-15-16-6-2-3-7-17(16)19(22)24/h2-3,6-7H,1,4-5,8-15H2. The lowest BCUT2D eigenvalue weighted by Gasteiger charge is -2.45. The molecule has 25 heavy (non-hydrogen) atoms. The summed E-state index contributed by atoms with van der Waals surface area (Å²) in [6.45, 7) is 3.22. The molecule has 2 aliphatic heterocycles. The smallest absolute Gasteiger partial charge is 0.254 e. The number of hydrogen-bond acceptors (Lipinski definition) is 3. The van der Waals surface area contributed by atoms with Crippen LogP contribution in [0.2, 0.25) is 0 Å². The van der Waals surface area contributed by atoms with E-state index in [-0.39, 0.29) is 17.4 Å². The molecular formula is C20H26N2O3. The summed E-state index contributed by atoms with van der Waals surface area (Å²) < 4.78 is 5.37.